The summed E-state index contributed by atoms with van der Waals surface area (Å²) < 4.78 is 4.98. The van der Waals surface area contributed by atoms with Gasteiger partial charge in [-0.2, -0.15) is 0 Å². The first-order valence-corrected chi connectivity index (χ1v) is 13.2. The van der Waals surface area contributed by atoms with Crippen LogP contribution in [0.1, 0.15) is 129 Å². The average Bonchev–Trinajstić information content (AvgIpc) is 2.74. The molecule has 0 amide bonds. The molecule has 0 radical (unpaired) electrons. The molecular formula is C29H50O2. The molecule has 1 unspecified atom stereocenters. The zero-order valence-corrected chi connectivity index (χ0v) is 20.8. The lowest BCUT2D eigenvalue weighted by Gasteiger charge is -2.28. The minimum atomic E-state index is -0.301. The minimum Gasteiger partial charge on any atom is -0.463 e. The molecule has 0 aromatic carbocycles. The van der Waals surface area contributed by atoms with Crippen LogP contribution >= 0.6 is 0 Å². The number of allylic oxidation sites excluding steroid dienone is 4. The molecule has 31 heavy (non-hydrogen) atoms. The van der Waals surface area contributed by atoms with Crippen molar-refractivity contribution in [3.63, 3.8) is 0 Å². The van der Waals surface area contributed by atoms with Crippen LogP contribution in [0.4, 0.5) is 0 Å². The van der Waals surface area contributed by atoms with Crippen molar-refractivity contribution in [2.45, 2.75) is 129 Å². The van der Waals surface area contributed by atoms with Gasteiger partial charge in [-0.15, -0.1) is 0 Å². The predicted molar refractivity (Wildman–Crippen MR) is 135 cm³/mol. The summed E-state index contributed by atoms with van der Waals surface area (Å²) in [6, 6.07) is 0. The fourth-order valence-corrected chi connectivity index (χ4v) is 4.71. The van der Waals surface area contributed by atoms with Crippen LogP contribution in [0.2, 0.25) is 0 Å². The minimum absolute atomic E-state index is 0.301. The van der Waals surface area contributed by atoms with E-state index < -0.39 is 0 Å². The second-order valence-corrected chi connectivity index (χ2v) is 9.98. The van der Waals surface area contributed by atoms with Crippen molar-refractivity contribution in [3.8, 4) is 0 Å². The van der Waals surface area contributed by atoms with Crippen molar-refractivity contribution < 1.29 is 9.53 Å². The molecular weight excluding hydrogens is 380 g/mol. The third kappa shape index (κ3) is 16.0. The van der Waals surface area contributed by atoms with Crippen LogP contribution in [-0.2, 0) is 9.53 Å². The van der Waals surface area contributed by atoms with E-state index in [9.17, 15) is 4.79 Å². The molecule has 0 heterocycles. The van der Waals surface area contributed by atoms with Gasteiger partial charge < -0.3 is 4.74 Å². The standard InChI is InChI=1S/C29H50O2/c1-4-28(30)31-25-20-18-16-14-12-10-8-6-5-7-9-11-13-15-17-19-23-29(3)24-21-22-27(2)26-29/h4,21-22,24H,1,5-20,23,25-26H2,2-3H3. The first-order valence-electron chi connectivity index (χ1n) is 13.2. The summed E-state index contributed by atoms with van der Waals surface area (Å²) in [6.45, 7) is 8.62. The Morgan fingerprint density at radius 2 is 1.32 bits per heavy atom. The van der Waals surface area contributed by atoms with Gasteiger partial charge >= 0.3 is 5.97 Å². The Morgan fingerprint density at radius 3 is 1.77 bits per heavy atom. The SMILES string of the molecule is C=CC(=O)OCCCCCCCCCCCCCCCCCCC1(C)C=CC=C(C)C1. The Hall–Kier alpha value is -1.31. The molecule has 2 nitrogen and oxygen atoms in total. The van der Waals surface area contributed by atoms with Gasteiger partial charge in [-0.3, -0.25) is 0 Å². The van der Waals surface area contributed by atoms with E-state index >= 15 is 0 Å². The van der Waals surface area contributed by atoms with Crippen molar-refractivity contribution >= 4 is 5.97 Å². The zero-order valence-electron chi connectivity index (χ0n) is 20.8. The lowest BCUT2D eigenvalue weighted by Crippen LogP contribution is -2.15. The van der Waals surface area contributed by atoms with Crippen LogP contribution in [0.15, 0.2) is 36.5 Å². The number of esters is 1. The zero-order chi connectivity index (χ0) is 22.6. The Balaban J connectivity index is 1.74. The lowest BCUT2D eigenvalue weighted by atomic mass is 9.76. The van der Waals surface area contributed by atoms with Crippen LogP contribution in [0, 0.1) is 5.41 Å². The van der Waals surface area contributed by atoms with E-state index in [4.69, 9.17) is 4.74 Å². The largest absolute Gasteiger partial charge is 0.463 e. The van der Waals surface area contributed by atoms with Crippen LogP contribution in [0.3, 0.4) is 0 Å². The Bertz CT molecular complexity index is 531. The van der Waals surface area contributed by atoms with E-state index in [2.05, 4.69) is 38.7 Å². The molecule has 0 aromatic rings. The maximum atomic E-state index is 10.9. The van der Waals surface area contributed by atoms with Crippen LogP contribution in [0.25, 0.3) is 0 Å². The molecule has 2 heteroatoms. The molecule has 1 aliphatic carbocycles. The van der Waals surface area contributed by atoms with Gasteiger partial charge in [0, 0.05) is 6.08 Å². The summed E-state index contributed by atoms with van der Waals surface area (Å²) in [6.07, 6.45) is 32.4. The molecule has 0 saturated carbocycles. The van der Waals surface area contributed by atoms with E-state index in [0.29, 0.717) is 12.0 Å². The number of ether oxygens (including phenoxy) is 1. The van der Waals surface area contributed by atoms with Gasteiger partial charge in [0.25, 0.3) is 0 Å². The second kappa shape index (κ2) is 18.3. The van der Waals surface area contributed by atoms with Gasteiger partial charge in [-0.25, -0.2) is 4.79 Å². The highest BCUT2D eigenvalue weighted by Gasteiger charge is 2.22. The third-order valence-electron chi connectivity index (χ3n) is 6.62. The number of hydrogen-bond donors (Lipinski definition) is 0. The van der Waals surface area contributed by atoms with Gasteiger partial charge in [0.05, 0.1) is 6.61 Å². The number of carbonyl (C=O) groups is 1. The molecule has 0 fully saturated rings. The number of carbonyl (C=O) groups excluding carboxylic acids is 1. The van der Waals surface area contributed by atoms with E-state index in [0.717, 1.165) is 12.8 Å². The normalized spacial score (nSPS) is 18.1. The maximum Gasteiger partial charge on any atom is 0.330 e. The van der Waals surface area contributed by atoms with Crippen molar-refractivity contribution in [2.75, 3.05) is 6.61 Å². The Kier molecular flexibility index (Phi) is 16.3. The molecule has 0 aliphatic heterocycles. The second-order valence-electron chi connectivity index (χ2n) is 9.98. The van der Waals surface area contributed by atoms with Gasteiger partial charge in [0.2, 0.25) is 0 Å². The van der Waals surface area contributed by atoms with Gasteiger partial charge in [0.1, 0.15) is 0 Å². The van der Waals surface area contributed by atoms with Crippen molar-refractivity contribution in [2.24, 2.45) is 5.41 Å². The first-order chi connectivity index (χ1) is 15.1. The van der Waals surface area contributed by atoms with Crippen molar-refractivity contribution in [3.05, 3.63) is 36.5 Å². The van der Waals surface area contributed by atoms with Crippen molar-refractivity contribution in [1.29, 1.82) is 0 Å². The van der Waals surface area contributed by atoms with E-state index in [1.54, 1.807) is 0 Å². The maximum absolute atomic E-state index is 10.9. The summed E-state index contributed by atoms with van der Waals surface area (Å²) in [5.74, 6) is -0.301. The summed E-state index contributed by atoms with van der Waals surface area (Å²) in [7, 11) is 0. The third-order valence-corrected chi connectivity index (χ3v) is 6.62. The first kappa shape index (κ1) is 27.7. The smallest absolute Gasteiger partial charge is 0.330 e. The summed E-state index contributed by atoms with van der Waals surface area (Å²) in [4.78, 5) is 10.9. The molecule has 0 spiro atoms. The van der Waals surface area contributed by atoms with Gasteiger partial charge in [-0.05, 0) is 31.6 Å². The molecule has 1 rings (SSSR count). The van der Waals surface area contributed by atoms with Crippen molar-refractivity contribution in [1.82, 2.24) is 0 Å². The fourth-order valence-electron chi connectivity index (χ4n) is 4.71. The summed E-state index contributed by atoms with van der Waals surface area (Å²) >= 11 is 0. The Labute approximate surface area is 193 Å². The topological polar surface area (TPSA) is 26.3 Å². The molecule has 0 N–H and O–H groups in total. The van der Waals surface area contributed by atoms with Crippen LogP contribution in [-0.4, -0.2) is 12.6 Å². The molecule has 0 aromatic heterocycles. The number of hydrogen-bond acceptors (Lipinski definition) is 2. The van der Waals surface area contributed by atoms with E-state index in [1.807, 2.05) is 0 Å². The number of unbranched alkanes of at least 4 members (excludes halogenated alkanes) is 15. The predicted octanol–water partition coefficient (Wildman–Crippen LogP) is 9.26. The number of rotatable bonds is 20. The highest BCUT2D eigenvalue weighted by molar-refractivity contribution is 5.81. The van der Waals surface area contributed by atoms with Crippen LogP contribution < -0.4 is 0 Å². The van der Waals surface area contributed by atoms with Gasteiger partial charge in [0.15, 0.2) is 0 Å². The quantitative estimate of drug-likeness (QED) is 0.109. The fraction of sp³-hybridized carbons (Fsp3) is 0.759. The molecule has 0 bridgehead atoms. The van der Waals surface area contributed by atoms with E-state index in [1.165, 1.54) is 114 Å². The highest BCUT2D eigenvalue weighted by Crippen LogP contribution is 2.36. The summed E-state index contributed by atoms with van der Waals surface area (Å²) in [5, 5.41) is 0. The van der Waals surface area contributed by atoms with E-state index in [-0.39, 0.29) is 5.97 Å². The molecule has 1 atom stereocenters. The average molecular weight is 431 g/mol. The molecule has 178 valence electrons. The Morgan fingerprint density at radius 1 is 0.871 bits per heavy atom. The highest BCUT2D eigenvalue weighted by atomic mass is 16.5. The monoisotopic (exact) mass is 430 g/mol. The van der Waals surface area contributed by atoms with Gasteiger partial charge in [-0.1, -0.05) is 134 Å². The van der Waals surface area contributed by atoms with Crippen LogP contribution in [0.5, 0.6) is 0 Å². The summed E-state index contributed by atoms with van der Waals surface area (Å²) in [5.41, 5.74) is 1.95. The lowest BCUT2D eigenvalue weighted by molar-refractivity contribution is -0.137. The molecule has 0 saturated heterocycles. The molecule has 1 aliphatic rings.